The monoisotopic (exact) mass is 582 g/mol. The molecule has 40 heavy (non-hydrogen) atoms. The predicted octanol–water partition coefficient (Wildman–Crippen LogP) is 4.96. The Hall–Kier alpha value is -3.80. The van der Waals surface area contributed by atoms with Gasteiger partial charge < -0.3 is 13.8 Å². The molecule has 0 unspecified atom stereocenters. The number of fused-ring (bicyclic) bond motifs is 1. The van der Waals surface area contributed by atoms with Crippen LogP contribution in [0, 0.1) is 18.3 Å². The minimum atomic E-state index is -6.00. The lowest BCUT2D eigenvalue weighted by atomic mass is 9.90. The van der Waals surface area contributed by atoms with Gasteiger partial charge in [0.25, 0.3) is 0 Å². The topological polar surface area (TPSA) is 132 Å². The molecule has 3 aromatic heterocycles. The van der Waals surface area contributed by atoms with Gasteiger partial charge in [0.2, 0.25) is 0 Å². The lowest BCUT2D eigenvalue weighted by Crippen LogP contribution is -2.42. The highest BCUT2D eigenvalue weighted by atomic mass is 32.2. The van der Waals surface area contributed by atoms with Crippen LogP contribution in [0.15, 0.2) is 24.7 Å². The molecule has 0 atom stereocenters. The van der Waals surface area contributed by atoms with E-state index in [-0.39, 0.29) is 29.3 Å². The van der Waals surface area contributed by atoms with Crippen LogP contribution in [0.3, 0.4) is 0 Å². The van der Waals surface area contributed by atoms with E-state index in [2.05, 4.69) is 14.4 Å². The van der Waals surface area contributed by atoms with Gasteiger partial charge >= 0.3 is 21.7 Å². The summed E-state index contributed by atoms with van der Waals surface area (Å²) in [6.07, 6.45) is 6.61. The minimum Gasteiger partial charge on any atom is -0.444 e. The van der Waals surface area contributed by atoms with Gasteiger partial charge in [-0.25, -0.2) is 9.31 Å². The Kier molecular flexibility index (Phi) is 7.52. The highest BCUT2D eigenvalue weighted by Crippen LogP contribution is 2.37. The molecule has 0 N–H and O–H groups in total. The molecule has 0 radical (unpaired) electrons. The maximum absolute atomic E-state index is 13.1. The third kappa shape index (κ3) is 5.72. The van der Waals surface area contributed by atoms with E-state index < -0.39 is 27.0 Å². The van der Waals surface area contributed by atoms with Crippen LogP contribution in [0.25, 0.3) is 16.6 Å². The molecule has 0 aliphatic heterocycles. The average molecular weight is 583 g/mol. The molecular weight excluding hydrogens is 553 g/mol. The van der Waals surface area contributed by atoms with Gasteiger partial charge in [-0.05, 0) is 59.4 Å². The van der Waals surface area contributed by atoms with Crippen LogP contribution in [-0.2, 0) is 14.9 Å². The van der Waals surface area contributed by atoms with E-state index in [9.17, 15) is 31.6 Å². The van der Waals surface area contributed by atoms with Gasteiger partial charge in [-0.1, -0.05) is 0 Å². The molecular formula is C25H29F3N6O5S. The van der Waals surface area contributed by atoms with Crippen LogP contribution in [0.2, 0.25) is 0 Å². The Morgan fingerprint density at radius 2 is 1.80 bits per heavy atom. The Morgan fingerprint density at radius 1 is 1.15 bits per heavy atom. The van der Waals surface area contributed by atoms with Gasteiger partial charge in [0.05, 0.1) is 18.4 Å². The van der Waals surface area contributed by atoms with Gasteiger partial charge in [-0.15, -0.1) is 0 Å². The summed E-state index contributed by atoms with van der Waals surface area (Å²) in [7, 11) is -4.28. The molecule has 4 rings (SSSR count). The van der Waals surface area contributed by atoms with E-state index >= 15 is 0 Å². The second-order valence-corrected chi connectivity index (χ2v) is 12.2. The Bertz CT molecular complexity index is 1570. The molecule has 216 valence electrons. The number of hydrogen-bond donors (Lipinski definition) is 0. The number of alkyl halides is 3. The van der Waals surface area contributed by atoms with Crippen LogP contribution in [-0.4, -0.2) is 63.0 Å². The fraction of sp³-hybridized carbons (Fsp3) is 0.520. The number of carbonyl (C=O) groups excluding carboxylic acids is 1. The first kappa shape index (κ1) is 29.2. The van der Waals surface area contributed by atoms with Gasteiger partial charge in [0, 0.05) is 36.1 Å². The molecule has 1 saturated carbocycles. The van der Waals surface area contributed by atoms with E-state index in [1.165, 1.54) is 12.4 Å². The highest BCUT2D eigenvalue weighted by molar-refractivity contribution is 7.88. The summed E-state index contributed by atoms with van der Waals surface area (Å²) in [4.78, 5) is 14.1. The standard InChI is InChI=1S/C25H29F3N6O5S/c1-15-20(13-31-34(15)19-8-6-18(7-9-19)32(5)23(35)38-24(2,3)4)16-10-21(39-40(36,37)25(26,27)28)22-17(11-29)12-30-33(22)14-16/h10,12-14,18-19H,6-9H2,1-5H3. The number of nitrogens with zero attached hydrogens (tertiary/aromatic N) is 6. The summed E-state index contributed by atoms with van der Waals surface area (Å²) < 4.78 is 75.6. The number of aromatic nitrogens is 4. The minimum absolute atomic E-state index is 0.00767. The predicted molar refractivity (Wildman–Crippen MR) is 137 cm³/mol. The molecule has 0 aromatic carbocycles. The second-order valence-electron chi connectivity index (χ2n) is 10.7. The van der Waals surface area contributed by atoms with Crippen molar-refractivity contribution in [2.45, 2.75) is 76.6 Å². The summed E-state index contributed by atoms with van der Waals surface area (Å²) in [6.45, 7) is 7.22. The Morgan fingerprint density at radius 3 is 2.38 bits per heavy atom. The van der Waals surface area contributed by atoms with E-state index in [1.807, 2.05) is 25.5 Å². The third-order valence-electron chi connectivity index (χ3n) is 6.78. The molecule has 11 nitrogen and oxygen atoms in total. The average Bonchev–Trinajstić information content (AvgIpc) is 3.45. The maximum atomic E-state index is 13.1. The summed E-state index contributed by atoms with van der Waals surface area (Å²) in [5.41, 5.74) is -5.10. The second kappa shape index (κ2) is 10.3. The smallest absolute Gasteiger partial charge is 0.444 e. The number of amides is 1. The molecule has 0 bridgehead atoms. The summed E-state index contributed by atoms with van der Waals surface area (Å²) in [5.74, 6) is -0.679. The van der Waals surface area contributed by atoms with Crippen LogP contribution < -0.4 is 4.18 Å². The first-order valence-electron chi connectivity index (χ1n) is 12.4. The zero-order valence-electron chi connectivity index (χ0n) is 22.6. The zero-order chi connectivity index (χ0) is 29.6. The van der Waals surface area contributed by atoms with Crippen LogP contribution in [0.4, 0.5) is 18.0 Å². The number of carbonyl (C=O) groups is 1. The van der Waals surface area contributed by atoms with E-state index in [0.29, 0.717) is 16.8 Å². The van der Waals surface area contributed by atoms with Crippen LogP contribution in [0.1, 0.15) is 63.8 Å². The molecule has 1 amide bonds. The number of pyridine rings is 1. The molecule has 0 saturated heterocycles. The number of ether oxygens (including phenoxy) is 1. The largest absolute Gasteiger partial charge is 0.534 e. The quantitative estimate of drug-likeness (QED) is 0.305. The SMILES string of the molecule is Cc1c(-c2cc(OS(=O)(=O)C(F)(F)F)c3c(C#N)cnn3c2)cnn1C1CCC(N(C)C(=O)OC(C)(C)C)CC1. The lowest BCUT2D eigenvalue weighted by molar-refractivity contribution is -0.0499. The summed E-state index contributed by atoms with van der Waals surface area (Å²) in [6, 6.07) is 2.92. The highest BCUT2D eigenvalue weighted by Gasteiger charge is 2.49. The zero-order valence-corrected chi connectivity index (χ0v) is 23.4. The van der Waals surface area contributed by atoms with E-state index in [1.54, 1.807) is 24.9 Å². The fourth-order valence-corrected chi connectivity index (χ4v) is 5.25. The summed E-state index contributed by atoms with van der Waals surface area (Å²) >= 11 is 0. The van der Waals surface area contributed by atoms with Crippen molar-refractivity contribution < 1.29 is 35.3 Å². The molecule has 15 heteroatoms. The van der Waals surface area contributed by atoms with Gasteiger partial charge in [-0.3, -0.25) is 4.68 Å². The Balaban J connectivity index is 1.60. The number of rotatable bonds is 5. The van der Waals surface area contributed by atoms with Crippen molar-refractivity contribution in [2.24, 2.45) is 0 Å². The summed E-state index contributed by atoms with van der Waals surface area (Å²) in [5, 5.41) is 17.8. The van der Waals surface area contributed by atoms with Crippen LogP contribution in [0.5, 0.6) is 5.75 Å². The molecule has 0 spiro atoms. The molecule has 3 heterocycles. The first-order valence-corrected chi connectivity index (χ1v) is 13.9. The first-order chi connectivity index (χ1) is 18.5. The van der Waals surface area contributed by atoms with E-state index in [4.69, 9.17) is 4.74 Å². The molecule has 1 fully saturated rings. The van der Waals surface area contributed by atoms with Crippen LogP contribution >= 0.6 is 0 Å². The number of hydrogen-bond acceptors (Lipinski definition) is 8. The molecule has 3 aromatic rings. The van der Waals surface area contributed by atoms with Crippen molar-refractivity contribution in [3.05, 3.63) is 35.9 Å². The number of halogens is 3. The third-order valence-corrected chi connectivity index (χ3v) is 7.74. The van der Waals surface area contributed by atoms with Crippen molar-refractivity contribution in [3.8, 4) is 22.9 Å². The number of nitriles is 1. The van der Waals surface area contributed by atoms with Crippen molar-refractivity contribution >= 4 is 21.7 Å². The lowest BCUT2D eigenvalue weighted by Gasteiger charge is -2.35. The van der Waals surface area contributed by atoms with Crippen molar-refractivity contribution in [3.63, 3.8) is 0 Å². The van der Waals surface area contributed by atoms with Crippen molar-refractivity contribution in [2.75, 3.05) is 7.05 Å². The van der Waals surface area contributed by atoms with Gasteiger partial charge in [-0.2, -0.15) is 37.0 Å². The fourth-order valence-electron chi connectivity index (χ4n) is 4.79. The Labute approximate surface area is 229 Å². The van der Waals surface area contributed by atoms with E-state index in [0.717, 1.165) is 42.5 Å². The molecule has 1 aliphatic rings. The molecule has 1 aliphatic carbocycles. The van der Waals surface area contributed by atoms with Gasteiger partial charge in [0.15, 0.2) is 5.75 Å². The van der Waals surface area contributed by atoms with Gasteiger partial charge in [0.1, 0.15) is 22.8 Å². The maximum Gasteiger partial charge on any atom is 0.534 e. The van der Waals surface area contributed by atoms with Crippen molar-refractivity contribution in [1.29, 1.82) is 5.26 Å². The van der Waals surface area contributed by atoms with Crippen molar-refractivity contribution in [1.82, 2.24) is 24.3 Å². The normalized spacial score (nSPS) is 18.4.